The molecule has 6 heteroatoms. The van der Waals surface area contributed by atoms with Gasteiger partial charge in [-0.2, -0.15) is 5.10 Å². The Morgan fingerprint density at radius 2 is 1.65 bits per heavy atom. The van der Waals surface area contributed by atoms with Gasteiger partial charge in [0, 0.05) is 28.5 Å². The number of aliphatic carboxylic acids is 1. The lowest BCUT2D eigenvalue weighted by atomic mass is 9.96. The fraction of sp³-hybridized carbons (Fsp3) is 0.321. The minimum absolute atomic E-state index is 0.387. The molecule has 34 heavy (non-hydrogen) atoms. The topological polar surface area (TPSA) is 76.7 Å². The molecule has 2 heterocycles. The van der Waals surface area contributed by atoms with Crippen LogP contribution in [-0.2, 0) is 9.53 Å². The Hall–Kier alpha value is -3.51. The molecule has 0 radical (unpaired) electrons. The zero-order chi connectivity index (χ0) is 24.6. The van der Waals surface area contributed by atoms with E-state index >= 15 is 0 Å². The molecule has 1 N–H and O–H groups in total. The maximum Gasteiger partial charge on any atom is 0.337 e. The molecule has 1 unspecified atom stereocenters. The number of hydrogen-bond acceptors (Lipinski definition) is 4. The first kappa shape index (κ1) is 23.6. The number of ether oxygens (including phenoxy) is 1. The number of carbonyl (C=O) groups is 1. The predicted molar refractivity (Wildman–Crippen MR) is 134 cm³/mol. The van der Waals surface area contributed by atoms with Crippen molar-refractivity contribution in [2.75, 3.05) is 0 Å². The summed E-state index contributed by atoms with van der Waals surface area (Å²) < 4.78 is 7.80. The second kappa shape index (κ2) is 9.03. The highest BCUT2D eigenvalue weighted by Crippen LogP contribution is 2.36. The van der Waals surface area contributed by atoms with Gasteiger partial charge in [0.15, 0.2) is 11.8 Å². The van der Waals surface area contributed by atoms with E-state index < -0.39 is 17.7 Å². The van der Waals surface area contributed by atoms with E-state index in [0.29, 0.717) is 28.5 Å². The van der Waals surface area contributed by atoms with Crippen molar-refractivity contribution in [1.29, 1.82) is 0 Å². The van der Waals surface area contributed by atoms with Gasteiger partial charge < -0.3 is 9.84 Å². The van der Waals surface area contributed by atoms with Crippen LogP contribution < -0.4 is 0 Å². The van der Waals surface area contributed by atoms with E-state index in [4.69, 9.17) is 14.8 Å². The molecule has 0 saturated carbocycles. The van der Waals surface area contributed by atoms with Crippen molar-refractivity contribution in [2.24, 2.45) is 0 Å². The van der Waals surface area contributed by atoms with Crippen LogP contribution in [0.4, 0.5) is 0 Å². The summed E-state index contributed by atoms with van der Waals surface area (Å²) in [4.78, 5) is 17.2. The van der Waals surface area contributed by atoms with E-state index in [-0.39, 0.29) is 0 Å². The van der Waals surface area contributed by atoms with Gasteiger partial charge in [-0.1, -0.05) is 68.4 Å². The molecule has 0 bridgehead atoms. The summed E-state index contributed by atoms with van der Waals surface area (Å²) in [6.07, 6.45) is -1.19. The van der Waals surface area contributed by atoms with Crippen LogP contribution in [0.2, 0.25) is 0 Å². The van der Waals surface area contributed by atoms with E-state index in [1.165, 1.54) is 5.56 Å². The van der Waals surface area contributed by atoms with E-state index in [2.05, 4.69) is 26.0 Å². The number of hydrogen-bond donors (Lipinski definition) is 1. The first-order valence-corrected chi connectivity index (χ1v) is 11.5. The van der Waals surface area contributed by atoms with Crippen LogP contribution in [0.25, 0.3) is 28.2 Å². The molecule has 0 aliphatic carbocycles. The number of aryl methyl sites for hydroxylation is 1. The van der Waals surface area contributed by atoms with Gasteiger partial charge in [-0.25, -0.2) is 14.3 Å². The normalized spacial score (nSPS) is 12.9. The third-order valence-corrected chi connectivity index (χ3v) is 5.71. The zero-order valence-corrected chi connectivity index (χ0v) is 20.5. The average molecular weight is 458 g/mol. The molecule has 176 valence electrons. The number of benzene rings is 2. The van der Waals surface area contributed by atoms with Crippen molar-refractivity contribution in [1.82, 2.24) is 14.6 Å². The first-order chi connectivity index (χ1) is 16.0. The molecule has 0 fully saturated rings. The second-order valence-corrected chi connectivity index (χ2v) is 9.85. The third-order valence-electron chi connectivity index (χ3n) is 5.71. The largest absolute Gasteiger partial charge is 0.479 e. The quantitative estimate of drug-likeness (QED) is 0.361. The average Bonchev–Trinajstić information content (AvgIpc) is 3.20. The Kier molecular flexibility index (Phi) is 6.28. The summed E-state index contributed by atoms with van der Waals surface area (Å²) in [6.45, 7) is 11.7. The molecule has 2 aromatic heterocycles. The SMILES string of the molecule is Cc1nc2cc(-c3ccccc3)nn2c(-c2ccc(C(C)C)cc2)c1C(OC(C)(C)C)C(=O)O. The van der Waals surface area contributed by atoms with Gasteiger partial charge in [0.1, 0.15) is 0 Å². The van der Waals surface area contributed by atoms with Crippen molar-refractivity contribution in [3.05, 3.63) is 77.5 Å². The highest BCUT2D eigenvalue weighted by atomic mass is 16.5. The Bertz CT molecular complexity index is 1320. The van der Waals surface area contributed by atoms with Crippen molar-refractivity contribution < 1.29 is 14.6 Å². The van der Waals surface area contributed by atoms with Gasteiger partial charge in [0.05, 0.1) is 17.0 Å². The monoisotopic (exact) mass is 457 g/mol. The molecule has 1 atom stereocenters. The molecule has 6 nitrogen and oxygen atoms in total. The summed E-state index contributed by atoms with van der Waals surface area (Å²) in [7, 11) is 0. The number of carboxylic acids is 1. The summed E-state index contributed by atoms with van der Waals surface area (Å²) in [6, 6.07) is 20.0. The van der Waals surface area contributed by atoms with Gasteiger partial charge in [-0.05, 0) is 39.2 Å². The number of carboxylic acid groups (broad SMARTS) is 1. The molecular weight excluding hydrogens is 426 g/mol. The highest BCUT2D eigenvalue weighted by Gasteiger charge is 2.33. The minimum Gasteiger partial charge on any atom is -0.479 e. The molecular formula is C28H31N3O3. The van der Waals surface area contributed by atoms with Gasteiger partial charge in [0.2, 0.25) is 0 Å². The lowest BCUT2D eigenvalue weighted by Crippen LogP contribution is -2.29. The van der Waals surface area contributed by atoms with Crippen LogP contribution in [0, 0.1) is 6.92 Å². The minimum atomic E-state index is -1.19. The molecule has 4 aromatic rings. The smallest absolute Gasteiger partial charge is 0.337 e. The van der Waals surface area contributed by atoms with Crippen LogP contribution in [0.3, 0.4) is 0 Å². The van der Waals surface area contributed by atoms with Gasteiger partial charge in [-0.15, -0.1) is 0 Å². The fourth-order valence-corrected chi connectivity index (χ4v) is 4.09. The van der Waals surface area contributed by atoms with Crippen LogP contribution in [-0.4, -0.2) is 31.3 Å². The predicted octanol–water partition coefficient (Wildman–Crippen LogP) is 6.44. The Balaban J connectivity index is 2.02. The Morgan fingerprint density at radius 3 is 2.21 bits per heavy atom. The van der Waals surface area contributed by atoms with E-state index in [0.717, 1.165) is 16.8 Å². The number of rotatable bonds is 6. The van der Waals surface area contributed by atoms with Crippen LogP contribution in [0.5, 0.6) is 0 Å². The molecule has 0 spiro atoms. The molecule has 2 aromatic carbocycles. The van der Waals surface area contributed by atoms with Crippen molar-refractivity contribution in [3.8, 4) is 22.5 Å². The number of aromatic nitrogens is 3. The summed E-state index contributed by atoms with van der Waals surface area (Å²) in [5.41, 5.74) is 5.59. The highest BCUT2D eigenvalue weighted by molar-refractivity contribution is 5.81. The second-order valence-electron chi connectivity index (χ2n) is 9.85. The maximum absolute atomic E-state index is 12.4. The number of nitrogens with zero attached hydrogens (tertiary/aromatic N) is 3. The van der Waals surface area contributed by atoms with E-state index in [1.54, 1.807) is 4.52 Å². The summed E-state index contributed by atoms with van der Waals surface area (Å²) in [5.74, 6) is -0.673. The number of fused-ring (bicyclic) bond motifs is 1. The molecule has 0 amide bonds. The lowest BCUT2D eigenvalue weighted by Gasteiger charge is -2.27. The standard InChI is InChI=1S/C28H31N3O3/c1-17(2)19-12-14-21(15-13-19)25-24(26(27(32)33)34-28(4,5)6)18(3)29-23-16-22(30-31(23)25)20-10-8-7-9-11-20/h7-17,26H,1-6H3,(H,32,33). The van der Waals surface area contributed by atoms with Crippen molar-refractivity contribution in [2.45, 2.75) is 59.2 Å². The van der Waals surface area contributed by atoms with Crippen molar-refractivity contribution in [3.63, 3.8) is 0 Å². The Morgan fingerprint density at radius 1 is 1.00 bits per heavy atom. The Labute approximate surface area is 200 Å². The maximum atomic E-state index is 12.4. The van der Waals surface area contributed by atoms with Crippen LogP contribution >= 0.6 is 0 Å². The molecule has 4 rings (SSSR count). The molecule has 0 aliphatic rings. The van der Waals surface area contributed by atoms with Crippen LogP contribution in [0.1, 0.15) is 63.5 Å². The first-order valence-electron chi connectivity index (χ1n) is 11.5. The van der Waals surface area contributed by atoms with E-state index in [9.17, 15) is 9.90 Å². The summed E-state index contributed by atoms with van der Waals surface area (Å²) in [5, 5.41) is 15.0. The van der Waals surface area contributed by atoms with Crippen LogP contribution in [0.15, 0.2) is 60.7 Å². The molecule has 0 saturated heterocycles. The zero-order valence-electron chi connectivity index (χ0n) is 20.5. The van der Waals surface area contributed by atoms with Gasteiger partial charge in [0.25, 0.3) is 0 Å². The fourth-order valence-electron chi connectivity index (χ4n) is 4.09. The molecule has 0 aliphatic heterocycles. The third kappa shape index (κ3) is 4.73. The van der Waals surface area contributed by atoms with E-state index in [1.807, 2.05) is 76.2 Å². The van der Waals surface area contributed by atoms with Crippen molar-refractivity contribution >= 4 is 11.6 Å². The van der Waals surface area contributed by atoms with Gasteiger partial charge in [-0.3, -0.25) is 0 Å². The van der Waals surface area contributed by atoms with Gasteiger partial charge >= 0.3 is 5.97 Å². The summed E-state index contributed by atoms with van der Waals surface area (Å²) >= 11 is 0. The lowest BCUT2D eigenvalue weighted by molar-refractivity contribution is -0.160.